The fourth-order valence-corrected chi connectivity index (χ4v) is 1.97. The lowest BCUT2D eigenvalue weighted by atomic mass is 10.1. The third-order valence-corrected chi connectivity index (χ3v) is 3.00. The van der Waals surface area contributed by atoms with E-state index in [2.05, 4.69) is 4.98 Å². The first-order valence-electron chi connectivity index (χ1n) is 4.56. The number of carbonyl (C=O) groups is 1. The molecule has 2 N–H and O–H groups in total. The van der Waals surface area contributed by atoms with E-state index in [0.29, 0.717) is 17.1 Å². The Balaban J connectivity index is 2.29. The van der Waals surface area contributed by atoms with Gasteiger partial charge < -0.3 is 5.73 Å². The summed E-state index contributed by atoms with van der Waals surface area (Å²) < 4.78 is 0. The summed E-state index contributed by atoms with van der Waals surface area (Å²) >= 11 is 1.35. The second kappa shape index (κ2) is 4.33. The second-order valence-corrected chi connectivity index (χ2v) is 4.15. The smallest absolute Gasteiger partial charge is 0.221 e. The molecule has 1 heterocycles. The van der Waals surface area contributed by atoms with Gasteiger partial charge in [-0.05, 0) is 0 Å². The molecule has 0 saturated carbocycles. The van der Waals surface area contributed by atoms with E-state index in [9.17, 15) is 4.79 Å². The maximum atomic E-state index is 11.9. The molecule has 0 spiro atoms. The Bertz CT molecular complexity index is 464. The summed E-state index contributed by atoms with van der Waals surface area (Å²) in [7, 11) is 0. The third kappa shape index (κ3) is 2.11. The predicted octanol–water partition coefficient (Wildman–Crippen LogP) is 1.83. The van der Waals surface area contributed by atoms with Gasteiger partial charge in [-0.15, -0.1) is 11.3 Å². The molecule has 0 aliphatic heterocycles. The summed E-state index contributed by atoms with van der Waals surface area (Å²) in [5.74, 6) is -0.0414. The van der Waals surface area contributed by atoms with Crippen molar-refractivity contribution >= 4 is 17.1 Å². The van der Waals surface area contributed by atoms with Gasteiger partial charge in [-0.1, -0.05) is 30.3 Å². The Morgan fingerprint density at radius 2 is 2.07 bits per heavy atom. The lowest BCUT2D eigenvalue weighted by Gasteiger charge is -1.94. The maximum absolute atomic E-state index is 11.9. The Hall–Kier alpha value is -1.52. The topological polar surface area (TPSA) is 56.0 Å². The average Bonchev–Trinajstić information content (AvgIpc) is 2.78. The fourth-order valence-electron chi connectivity index (χ4n) is 1.22. The van der Waals surface area contributed by atoms with Crippen LogP contribution in [0.1, 0.15) is 20.2 Å². The van der Waals surface area contributed by atoms with Crippen LogP contribution in [-0.4, -0.2) is 10.8 Å². The maximum Gasteiger partial charge on any atom is 0.221 e. The van der Waals surface area contributed by atoms with Gasteiger partial charge in [0.05, 0.1) is 0 Å². The highest BCUT2D eigenvalue weighted by Crippen LogP contribution is 2.16. The molecule has 0 aliphatic rings. The summed E-state index contributed by atoms with van der Waals surface area (Å²) in [5, 5.41) is 0.502. The third-order valence-electron chi connectivity index (χ3n) is 1.98. The summed E-state index contributed by atoms with van der Waals surface area (Å²) in [4.78, 5) is 16.9. The Morgan fingerprint density at radius 1 is 1.33 bits per heavy atom. The van der Waals surface area contributed by atoms with E-state index in [-0.39, 0.29) is 5.78 Å². The first-order chi connectivity index (χ1) is 7.31. The summed E-state index contributed by atoms with van der Waals surface area (Å²) in [5.41, 5.74) is 6.12. The molecule has 1 aromatic carbocycles. The van der Waals surface area contributed by atoms with Crippen LogP contribution < -0.4 is 5.73 Å². The van der Waals surface area contributed by atoms with Crippen molar-refractivity contribution in [1.82, 2.24) is 4.98 Å². The molecule has 0 saturated heterocycles. The highest BCUT2D eigenvalue weighted by atomic mass is 32.1. The largest absolute Gasteiger partial charge is 0.326 e. The summed E-state index contributed by atoms with van der Waals surface area (Å²) in [6.45, 7) is 0.430. The van der Waals surface area contributed by atoms with E-state index in [0.717, 1.165) is 4.88 Å². The van der Waals surface area contributed by atoms with Crippen LogP contribution >= 0.6 is 11.3 Å². The van der Waals surface area contributed by atoms with Crippen molar-refractivity contribution < 1.29 is 4.79 Å². The number of aromatic nitrogens is 1. The van der Waals surface area contributed by atoms with Crippen molar-refractivity contribution in [2.75, 3.05) is 0 Å². The second-order valence-electron chi connectivity index (χ2n) is 3.03. The fraction of sp³-hybridized carbons (Fsp3) is 0.0909. The number of carbonyl (C=O) groups excluding carboxylic acids is 1. The van der Waals surface area contributed by atoms with Gasteiger partial charge in [-0.2, -0.15) is 0 Å². The van der Waals surface area contributed by atoms with Crippen LogP contribution in [0.2, 0.25) is 0 Å². The van der Waals surface area contributed by atoms with E-state index < -0.39 is 0 Å². The molecule has 3 nitrogen and oxygen atoms in total. The van der Waals surface area contributed by atoms with Gasteiger partial charge in [0.1, 0.15) is 0 Å². The molecule has 15 heavy (non-hydrogen) atoms. The van der Waals surface area contributed by atoms with E-state index in [4.69, 9.17) is 5.73 Å². The van der Waals surface area contributed by atoms with Gasteiger partial charge in [0.2, 0.25) is 5.78 Å². The van der Waals surface area contributed by atoms with Crippen LogP contribution in [0.4, 0.5) is 0 Å². The Kier molecular flexibility index (Phi) is 2.89. The van der Waals surface area contributed by atoms with Crippen LogP contribution in [0.15, 0.2) is 36.5 Å². The van der Waals surface area contributed by atoms with Crippen LogP contribution in [0.3, 0.4) is 0 Å². The number of benzene rings is 1. The van der Waals surface area contributed by atoms with Gasteiger partial charge in [0, 0.05) is 23.2 Å². The number of thiazole rings is 1. The van der Waals surface area contributed by atoms with E-state index >= 15 is 0 Å². The summed E-state index contributed by atoms with van der Waals surface area (Å²) in [6, 6.07) is 9.12. The van der Waals surface area contributed by atoms with E-state index in [1.165, 1.54) is 11.3 Å². The molecular weight excluding hydrogens is 208 g/mol. The number of ketones is 1. The van der Waals surface area contributed by atoms with E-state index in [1.54, 1.807) is 18.3 Å². The standard InChI is InChI=1S/C11H10N2OS/c12-6-9-7-13-11(15-9)10(14)8-4-2-1-3-5-8/h1-5,7H,6,12H2. The van der Waals surface area contributed by atoms with Crippen LogP contribution in [0.5, 0.6) is 0 Å². The number of hydrogen-bond acceptors (Lipinski definition) is 4. The molecule has 0 radical (unpaired) electrons. The molecular formula is C11H10N2OS. The number of rotatable bonds is 3. The molecule has 2 rings (SSSR count). The first kappa shape index (κ1) is 10.0. The molecule has 0 atom stereocenters. The van der Waals surface area contributed by atoms with Gasteiger partial charge >= 0.3 is 0 Å². The number of nitrogens with zero attached hydrogens (tertiary/aromatic N) is 1. The van der Waals surface area contributed by atoms with Crippen molar-refractivity contribution in [2.24, 2.45) is 5.73 Å². The molecule has 4 heteroatoms. The average molecular weight is 218 g/mol. The minimum absolute atomic E-state index is 0.0414. The zero-order valence-corrected chi connectivity index (χ0v) is 8.83. The SMILES string of the molecule is NCc1cnc(C(=O)c2ccccc2)s1. The highest BCUT2D eigenvalue weighted by molar-refractivity contribution is 7.13. The van der Waals surface area contributed by atoms with Gasteiger partial charge in [0.15, 0.2) is 5.01 Å². The zero-order chi connectivity index (χ0) is 10.7. The quantitative estimate of drug-likeness (QED) is 0.800. The molecule has 0 amide bonds. The van der Waals surface area contributed by atoms with Crippen LogP contribution in [-0.2, 0) is 6.54 Å². The molecule has 0 fully saturated rings. The minimum atomic E-state index is -0.0414. The van der Waals surface area contributed by atoms with Gasteiger partial charge in [-0.25, -0.2) is 4.98 Å². The summed E-state index contributed by atoms with van der Waals surface area (Å²) in [6.07, 6.45) is 1.65. The zero-order valence-electron chi connectivity index (χ0n) is 8.01. The minimum Gasteiger partial charge on any atom is -0.326 e. The molecule has 0 bridgehead atoms. The van der Waals surface area contributed by atoms with E-state index in [1.807, 2.05) is 18.2 Å². The molecule has 0 unspecified atom stereocenters. The Morgan fingerprint density at radius 3 is 2.67 bits per heavy atom. The molecule has 76 valence electrons. The van der Waals surface area contributed by atoms with Crippen molar-refractivity contribution in [2.45, 2.75) is 6.54 Å². The first-order valence-corrected chi connectivity index (χ1v) is 5.37. The van der Waals surface area contributed by atoms with Gasteiger partial charge in [0.25, 0.3) is 0 Å². The lowest BCUT2D eigenvalue weighted by Crippen LogP contribution is -1.99. The van der Waals surface area contributed by atoms with Crippen molar-refractivity contribution in [1.29, 1.82) is 0 Å². The van der Waals surface area contributed by atoms with Crippen molar-refractivity contribution in [3.63, 3.8) is 0 Å². The number of hydrogen-bond donors (Lipinski definition) is 1. The van der Waals surface area contributed by atoms with Crippen molar-refractivity contribution in [3.05, 3.63) is 52.0 Å². The van der Waals surface area contributed by atoms with Gasteiger partial charge in [-0.3, -0.25) is 4.79 Å². The normalized spacial score (nSPS) is 10.2. The highest BCUT2D eigenvalue weighted by Gasteiger charge is 2.12. The van der Waals surface area contributed by atoms with Crippen molar-refractivity contribution in [3.8, 4) is 0 Å². The lowest BCUT2D eigenvalue weighted by molar-refractivity contribution is 0.103. The molecule has 0 aliphatic carbocycles. The number of nitrogens with two attached hydrogens (primary N) is 1. The Labute approximate surface area is 91.6 Å². The van der Waals surface area contributed by atoms with Crippen LogP contribution in [0, 0.1) is 0 Å². The van der Waals surface area contributed by atoms with Crippen LogP contribution in [0.25, 0.3) is 0 Å². The predicted molar refractivity (Wildman–Crippen MR) is 59.9 cm³/mol. The molecule has 2 aromatic rings. The monoisotopic (exact) mass is 218 g/mol. The molecule has 1 aromatic heterocycles.